The van der Waals surface area contributed by atoms with Crippen LogP contribution >= 0.6 is 0 Å². The normalized spacial score (nSPS) is 34.3. The molecule has 1 fully saturated rings. The highest BCUT2D eigenvalue weighted by Gasteiger charge is 2.61. The molecule has 21 heavy (non-hydrogen) atoms. The number of hydrogen-bond acceptors (Lipinski definition) is 2. The van der Waals surface area contributed by atoms with E-state index in [4.69, 9.17) is 5.73 Å². The number of rotatable bonds is 1. The molecule has 0 aromatic heterocycles. The Morgan fingerprint density at radius 2 is 1.33 bits per heavy atom. The largest absolute Gasteiger partial charge is 0.369 e. The molecule has 3 N–H and O–H groups in total. The van der Waals surface area contributed by atoms with Crippen LogP contribution in [0.4, 0.5) is 0 Å². The number of nitrogens with one attached hydrogen (secondary N) is 1. The first-order chi connectivity index (χ1) is 9.11. The van der Waals surface area contributed by atoms with Gasteiger partial charge in [-0.3, -0.25) is 4.79 Å². The Bertz CT molecular complexity index is 421. The lowest BCUT2D eigenvalue weighted by molar-refractivity contribution is -0.159. The van der Waals surface area contributed by atoms with E-state index >= 15 is 0 Å². The van der Waals surface area contributed by atoms with Gasteiger partial charge in [-0.15, -0.1) is 0 Å². The molecule has 1 amide bonds. The van der Waals surface area contributed by atoms with Gasteiger partial charge in [-0.25, -0.2) is 0 Å². The highest BCUT2D eigenvalue weighted by molar-refractivity contribution is 5.82. The second-order valence-electron chi connectivity index (χ2n) is 9.83. The first kappa shape index (κ1) is 18.5. The SMILES string of the molecule is CC1(C)CNCC(C)(C)C(C)(C)C(C)(C(N)=O)C(C)(C)C1. The number of amides is 1. The van der Waals surface area contributed by atoms with Crippen LogP contribution in [0.1, 0.15) is 68.7 Å². The Kier molecular flexibility index (Phi) is 4.38. The van der Waals surface area contributed by atoms with Crippen LogP contribution in [-0.2, 0) is 4.79 Å². The van der Waals surface area contributed by atoms with E-state index in [1.165, 1.54) is 0 Å². The van der Waals surface area contributed by atoms with Gasteiger partial charge in [-0.05, 0) is 35.0 Å². The maximum Gasteiger partial charge on any atom is 0.224 e. The summed E-state index contributed by atoms with van der Waals surface area (Å²) in [4.78, 5) is 12.6. The second-order valence-corrected chi connectivity index (χ2v) is 9.83. The van der Waals surface area contributed by atoms with Crippen LogP contribution in [0.2, 0.25) is 0 Å². The molecule has 1 unspecified atom stereocenters. The summed E-state index contributed by atoms with van der Waals surface area (Å²) in [6, 6.07) is 0. The average molecular weight is 296 g/mol. The predicted molar refractivity (Wildman–Crippen MR) is 89.9 cm³/mol. The molecular formula is C18H36N2O. The molecule has 1 aliphatic heterocycles. The molecule has 0 aromatic carbocycles. The lowest BCUT2D eigenvalue weighted by Crippen LogP contribution is -2.61. The number of primary amides is 1. The van der Waals surface area contributed by atoms with E-state index in [9.17, 15) is 4.79 Å². The van der Waals surface area contributed by atoms with E-state index in [-0.39, 0.29) is 27.6 Å². The average Bonchev–Trinajstić information content (AvgIpc) is 2.24. The standard InChI is InChI=1S/C18H36N2O/c1-14(2)10-15(3,4)18(9,13(19)21)17(7,8)16(5,6)12-20-11-14/h20H,10-12H2,1-9H3,(H2,19,21). The molecule has 1 heterocycles. The first-order valence-electron chi connectivity index (χ1n) is 8.11. The van der Waals surface area contributed by atoms with Gasteiger partial charge in [-0.1, -0.05) is 55.4 Å². The maximum absolute atomic E-state index is 12.6. The highest BCUT2D eigenvalue weighted by atomic mass is 16.1. The summed E-state index contributed by atoms with van der Waals surface area (Å²) in [6.45, 7) is 21.8. The summed E-state index contributed by atoms with van der Waals surface area (Å²) in [7, 11) is 0. The molecular weight excluding hydrogens is 260 g/mol. The van der Waals surface area contributed by atoms with Crippen LogP contribution < -0.4 is 11.1 Å². The minimum absolute atomic E-state index is 0.0333. The van der Waals surface area contributed by atoms with Gasteiger partial charge in [0.1, 0.15) is 0 Å². The van der Waals surface area contributed by atoms with E-state index < -0.39 is 5.41 Å². The summed E-state index contributed by atoms with van der Waals surface area (Å²) >= 11 is 0. The van der Waals surface area contributed by atoms with Gasteiger partial charge in [0.05, 0.1) is 5.41 Å². The van der Waals surface area contributed by atoms with Gasteiger partial charge < -0.3 is 11.1 Å². The predicted octanol–water partition coefficient (Wildman–Crippen LogP) is 3.58. The van der Waals surface area contributed by atoms with E-state index in [0.717, 1.165) is 19.5 Å². The number of hydrogen-bond donors (Lipinski definition) is 2. The molecule has 124 valence electrons. The summed E-state index contributed by atoms with van der Waals surface area (Å²) in [5, 5.41) is 3.63. The van der Waals surface area contributed by atoms with E-state index in [1.807, 2.05) is 0 Å². The van der Waals surface area contributed by atoms with Gasteiger partial charge in [0, 0.05) is 13.1 Å². The Morgan fingerprint density at radius 3 is 1.76 bits per heavy atom. The minimum Gasteiger partial charge on any atom is -0.369 e. The quantitative estimate of drug-likeness (QED) is 0.777. The molecule has 0 spiro atoms. The van der Waals surface area contributed by atoms with Crippen LogP contribution in [0.5, 0.6) is 0 Å². The zero-order valence-corrected chi connectivity index (χ0v) is 15.6. The number of carbonyl (C=O) groups is 1. The zero-order chi connectivity index (χ0) is 16.9. The van der Waals surface area contributed by atoms with Crippen molar-refractivity contribution in [3.63, 3.8) is 0 Å². The summed E-state index contributed by atoms with van der Waals surface area (Å²) < 4.78 is 0. The van der Waals surface area contributed by atoms with Crippen molar-refractivity contribution < 1.29 is 4.79 Å². The fraction of sp³-hybridized carbons (Fsp3) is 0.944. The summed E-state index contributed by atoms with van der Waals surface area (Å²) in [5.74, 6) is -0.178. The molecule has 3 heteroatoms. The summed E-state index contributed by atoms with van der Waals surface area (Å²) in [6.07, 6.45) is 0.964. The molecule has 0 aromatic rings. The third-order valence-corrected chi connectivity index (χ3v) is 6.88. The number of carbonyl (C=O) groups excluding carboxylic acids is 1. The maximum atomic E-state index is 12.6. The van der Waals surface area contributed by atoms with Crippen molar-refractivity contribution in [2.75, 3.05) is 13.1 Å². The lowest BCUT2D eigenvalue weighted by Gasteiger charge is -2.58. The Balaban J connectivity index is 3.58. The summed E-state index contributed by atoms with van der Waals surface area (Å²) in [5.41, 5.74) is 5.11. The fourth-order valence-corrected chi connectivity index (χ4v) is 4.53. The molecule has 1 atom stereocenters. The highest BCUT2D eigenvalue weighted by Crippen LogP contribution is 2.61. The van der Waals surface area contributed by atoms with Gasteiger partial charge in [0.2, 0.25) is 5.91 Å². The second kappa shape index (κ2) is 4.97. The zero-order valence-electron chi connectivity index (χ0n) is 15.6. The smallest absolute Gasteiger partial charge is 0.224 e. The third kappa shape index (κ3) is 2.74. The van der Waals surface area contributed by atoms with Crippen molar-refractivity contribution in [3.8, 4) is 0 Å². The van der Waals surface area contributed by atoms with Gasteiger partial charge >= 0.3 is 0 Å². The van der Waals surface area contributed by atoms with Crippen LogP contribution in [-0.4, -0.2) is 19.0 Å². The molecule has 0 saturated carbocycles. The molecule has 1 saturated heterocycles. The van der Waals surface area contributed by atoms with Crippen LogP contribution in [0.15, 0.2) is 0 Å². The van der Waals surface area contributed by atoms with E-state index in [2.05, 4.69) is 67.6 Å². The molecule has 0 bridgehead atoms. The molecule has 1 rings (SSSR count). The first-order valence-corrected chi connectivity index (χ1v) is 8.11. The topological polar surface area (TPSA) is 55.1 Å². The molecule has 0 aliphatic carbocycles. The molecule has 0 radical (unpaired) electrons. The monoisotopic (exact) mass is 296 g/mol. The van der Waals surface area contributed by atoms with Gasteiger partial charge in [0.15, 0.2) is 0 Å². The van der Waals surface area contributed by atoms with Gasteiger partial charge in [-0.2, -0.15) is 0 Å². The van der Waals surface area contributed by atoms with Crippen LogP contribution in [0, 0.1) is 27.1 Å². The van der Waals surface area contributed by atoms with Crippen molar-refractivity contribution in [1.29, 1.82) is 0 Å². The molecule has 3 nitrogen and oxygen atoms in total. The lowest BCUT2D eigenvalue weighted by atomic mass is 9.45. The number of nitrogens with two attached hydrogens (primary N) is 1. The van der Waals surface area contributed by atoms with E-state index in [0.29, 0.717) is 0 Å². The van der Waals surface area contributed by atoms with E-state index in [1.54, 1.807) is 0 Å². The Morgan fingerprint density at radius 1 is 0.857 bits per heavy atom. The minimum atomic E-state index is -0.577. The van der Waals surface area contributed by atoms with Crippen molar-refractivity contribution >= 4 is 5.91 Å². The van der Waals surface area contributed by atoms with Crippen LogP contribution in [0.25, 0.3) is 0 Å². The van der Waals surface area contributed by atoms with Crippen molar-refractivity contribution in [2.45, 2.75) is 68.7 Å². The molecule has 1 aliphatic rings. The van der Waals surface area contributed by atoms with Crippen molar-refractivity contribution in [1.82, 2.24) is 5.32 Å². The Labute approximate surface area is 131 Å². The van der Waals surface area contributed by atoms with Crippen molar-refractivity contribution in [2.24, 2.45) is 32.8 Å². The Hall–Kier alpha value is -0.570. The van der Waals surface area contributed by atoms with Crippen molar-refractivity contribution in [3.05, 3.63) is 0 Å². The van der Waals surface area contributed by atoms with Gasteiger partial charge in [0.25, 0.3) is 0 Å². The third-order valence-electron chi connectivity index (χ3n) is 6.88. The van der Waals surface area contributed by atoms with Crippen LogP contribution in [0.3, 0.4) is 0 Å². The fourth-order valence-electron chi connectivity index (χ4n) is 4.53.